The minimum absolute atomic E-state index is 0.145. The minimum atomic E-state index is -0.642. The van der Waals surface area contributed by atoms with E-state index in [0.29, 0.717) is 25.1 Å². The van der Waals surface area contributed by atoms with Gasteiger partial charge in [0.05, 0.1) is 0 Å². The van der Waals surface area contributed by atoms with Crippen molar-refractivity contribution in [1.29, 1.82) is 0 Å². The molecule has 0 aliphatic carbocycles. The van der Waals surface area contributed by atoms with Crippen LogP contribution in [0.1, 0.15) is 66.9 Å². The molecule has 2 aromatic carbocycles. The van der Waals surface area contributed by atoms with Crippen LogP contribution in [0.2, 0.25) is 0 Å². The number of ether oxygens (including phenoxy) is 1. The van der Waals surface area contributed by atoms with Crippen molar-refractivity contribution < 1.29 is 14.3 Å². The van der Waals surface area contributed by atoms with E-state index in [1.54, 1.807) is 12.1 Å². The van der Waals surface area contributed by atoms with Crippen LogP contribution in [0, 0.1) is 6.92 Å². The fourth-order valence-electron chi connectivity index (χ4n) is 4.30. The van der Waals surface area contributed by atoms with Gasteiger partial charge in [-0.25, -0.2) is 0 Å². The van der Waals surface area contributed by atoms with Gasteiger partial charge in [-0.05, 0) is 69.1 Å². The first kappa shape index (κ1) is 26.7. The summed E-state index contributed by atoms with van der Waals surface area (Å²) in [5.74, 6) is 0.444. The SMILES string of the molecule is CCCCCCNC(=O)C(Cc1ccc(OCCN2CCCC2)cc1)NC(=O)c1ccc(C)cc1. The van der Waals surface area contributed by atoms with Crippen LogP contribution in [0.5, 0.6) is 5.75 Å². The number of nitrogens with one attached hydrogen (secondary N) is 2. The maximum Gasteiger partial charge on any atom is 0.251 e. The summed E-state index contributed by atoms with van der Waals surface area (Å²) in [6.07, 6.45) is 7.34. The first-order valence-corrected chi connectivity index (χ1v) is 13.1. The third kappa shape index (κ3) is 9.36. The van der Waals surface area contributed by atoms with E-state index in [1.165, 1.54) is 25.9 Å². The Morgan fingerprint density at radius 2 is 1.69 bits per heavy atom. The van der Waals surface area contributed by atoms with E-state index in [9.17, 15) is 9.59 Å². The van der Waals surface area contributed by atoms with E-state index >= 15 is 0 Å². The average Bonchev–Trinajstić information content (AvgIpc) is 3.38. The number of carbonyl (C=O) groups excluding carboxylic acids is 2. The van der Waals surface area contributed by atoms with Gasteiger partial charge in [0.25, 0.3) is 5.91 Å². The average molecular weight is 480 g/mol. The molecular weight excluding hydrogens is 438 g/mol. The highest BCUT2D eigenvalue weighted by molar-refractivity contribution is 5.97. The molecule has 0 aromatic heterocycles. The molecule has 1 saturated heterocycles. The van der Waals surface area contributed by atoms with Crippen LogP contribution in [-0.2, 0) is 11.2 Å². The van der Waals surface area contributed by atoms with E-state index in [1.807, 2.05) is 43.3 Å². The van der Waals surface area contributed by atoms with Crippen molar-refractivity contribution in [2.24, 2.45) is 0 Å². The fourth-order valence-corrected chi connectivity index (χ4v) is 4.30. The van der Waals surface area contributed by atoms with Gasteiger partial charge < -0.3 is 15.4 Å². The Morgan fingerprint density at radius 3 is 2.37 bits per heavy atom. The van der Waals surface area contributed by atoms with Gasteiger partial charge in [-0.2, -0.15) is 0 Å². The number of hydrogen-bond acceptors (Lipinski definition) is 4. The highest BCUT2D eigenvalue weighted by Crippen LogP contribution is 2.15. The summed E-state index contributed by atoms with van der Waals surface area (Å²) in [6, 6.07) is 14.6. The predicted octanol–water partition coefficient (Wildman–Crippen LogP) is 4.51. The number of nitrogens with zero attached hydrogens (tertiary/aromatic N) is 1. The molecule has 2 aromatic rings. The molecule has 1 heterocycles. The second-order valence-corrected chi connectivity index (χ2v) is 9.49. The third-order valence-electron chi connectivity index (χ3n) is 6.50. The number of unbranched alkanes of at least 4 members (excludes halogenated alkanes) is 3. The van der Waals surface area contributed by atoms with E-state index in [0.717, 1.165) is 49.1 Å². The van der Waals surface area contributed by atoms with Gasteiger partial charge in [0.1, 0.15) is 18.4 Å². The Bertz CT molecular complexity index is 906. The zero-order chi connectivity index (χ0) is 24.9. The van der Waals surface area contributed by atoms with Crippen LogP contribution >= 0.6 is 0 Å². The largest absolute Gasteiger partial charge is 0.492 e. The molecule has 0 saturated carbocycles. The first-order chi connectivity index (χ1) is 17.0. The van der Waals surface area contributed by atoms with Gasteiger partial charge in [-0.1, -0.05) is 56.0 Å². The molecule has 35 heavy (non-hydrogen) atoms. The second-order valence-electron chi connectivity index (χ2n) is 9.49. The van der Waals surface area contributed by atoms with Crippen LogP contribution < -0.4 is 15.4 Å². The molecule has 6 nitrogen and oxygen atoms in total. The number of amides is 2. The number of aryl methyl sites for hydroxylation is 1. The number of hydrogen-bond donors (Lipinski definition) is 2. The van der Waals surface area contributed by atoms with E-state index in [2.05, 4.69) is 22.5 Å². The Labute approximate surface area is 210 Å². The fraction of sp³-hybridized carbons (Fsp3) is 0.517. The van der Waals surface area contributed by atoms with Crippen LogP contribution in [-0.4, -0.2) is 55.5 Å². The number of likely N-dealkylation sites (tertiary alicyclic amines) is 1. The summed E-state index contributed by atoms with van der Waals surface area (Å²) in [6.45, 7) is 8.73. The molecule has 2 N–H and O–H groups in total. The standard InChI is InChI=1S/C29H41N3O3/c1-3-4-5-6-17-30-29(34)27(31-28(33)25-13-9-23(2)10-14-25)22-24-11-15-26(16-12-24)35-21-20-32-18-7-8-19-32/h9-16,27H,3-8,17-22H2,1-2H3,(H,30,34)(H,31,33). The minimum Gasteiger partial charge on any atom is -0.492 e. The molecule has 1 unspecified atom stereocenters. The number of rotatable bonds is 14. The van der Waals surface area contributed by atoms with Gasteiger partial charge >= 0.3 is 0 Å². The highest BCUT2D eigenvalue weighted by atomic mass is 16.5. The quantitative estimate of drug-likeness (QED) is 0.391. The second kappa shape index (κ2) is 14.5. The van der Waals surface area contributed by atoms with Gasteiger partial charge in [0.2, 0.25) is 5.91 Å². The summed E-state index contributed by atoms with van der Waals surface area (Å²) in [5.41, 5.74) is 2.62. The monoisotopic (exact) mass is 479 g/mol. The lowest BCUT2D eigenvalue weighted by Gasteiger charge is -2.19. The van der Waals surface area contributed by atoms with Crippen LogP contribution in [0.15, 0.2) is 48.5 Å². The zero-order valence-corrected chi connectivity index (χ0v) is 21.4. The lowest BCUT2D eigenvalue weighted by atomic mass is 10.0. The Morgan fingerprint density at radius 1 is 0.971 bits per heavy atom. The lowest BCUT2D eigenvalue weighted by molar-refractivity contribution is -0.122. The van der Waals surface area contributed by atoms with Crippen molar-refractivity contribution >= 4 is 11.8 Å². The summed E-state index contributed by atoms with van der Waals surface area (Å²) >= 11 is 0. The van der Waals surface area contributed by atoms with Crippen molar-refractivity contribution in [2.75, 3.05) is 32.8 Å². The van der Waals surface area contributed by atoms with Crippen molar-refractivity contribution in [1.82, 2.24) is 15.5 Å². The van der Waals surface area contributed by atoms with Crippen molar-refractivity contribution in [3.8, 4) is 5.75 Å². The van der Waals surface area contributed by atoms with Gasteiger partial charge in [-0.15, -0.1) is 0 Å². The van der Waals surface area contributed by atoms with Crippen LogP contribution in [0.25, 0.3) is 0 Å². The summed E-state index contributed by atoms with van der Waals surface area (Å²) in [4.78, 5) is 28.2. The van der Waals surface area contributed by atoms with Gasteiger partial charge in [0.15, 0.2) is 0 Å². The van der Waals surface area contributed by atoms with Gasteiger partial charge in [0, 0.05) is 25.1 Å². The van der Waals surface area contributed by atoms with Crippen molar-refractivity contribution in [2.45, 2.75) is 64.8 Å². The van der Waals surface area contributed by atoms with Crippen LogP contribution in [0.4, 0.5) is 0 Å². The van der Waals surface area contributed by atoms with E-state index < -0.39 is 6.04 Å². The molecule has 1 fully saturated rings. The normalized spacial score (nSPS) is 14.5. The Balaban J connectivity index is 1.57. The molecule has 0 radical (unpaired) electrons. The van der Waals surface area contributed by atoms with E-state index in [-0.39, 0.29) is 11.8 Å². The highest BCUT2D eigenvalue weighted by Gasteiger charge is 2.22. The van der Waals surface area contributed by atoms with Gasteiger partial charge in [-0.3, -0.25) is 14.5 Å². The summed E-state index contributed by atoms with van der Waals surface area (Å²) in [5, 5.41) is 5.96. The molecule has 0 spiro atoms. The molecule has 2 amide bonds. The predicted molar refractivity (Wildman–Crippen MR) is 141 cm³/mol. The van der Waals surface area contributed by atoms with E-state index in [4.69, 9.17) is 4.74 Å². The molecule has 3 rings (SSSR count). The number of benzene rings is 2. The lowest BCUT2D eigenvalue weighted by Crippen LogP contribution is -2.48. The van der Waals surface area contributed by atoms with Crippen molar-refractivity contribution in [3.05, 3.63) is 65.2 Å². The van der Waals surface area contributed by atoms with Crippen molar-refractivity contribution in [3.63, 3.8) is 0 Å². The molecule has 190 valence electrons. The first-order valence-electron chi connectivity index (χ1n) is 13.1. The number of carbonyl (C=O) groups is 2. The Hall–Kier alpha value is -2.86. The zero-order valence-electron chi connectivity index (χ0n) is 21.4. The third-order valence-corrected chi connectivity index (χ3v) is 6.50. The molecule has 1 aliphatic rings. The molecular formula is C29H41N3O3. The van der Waals surface area contributed by atoms with Crippen LogP contribution in [0.3, 0.4) is 0 Å². The molecule has 1 atom stereocenters. The smallest absolute Gasteiger partial charge is 0.251 e. The molecule has 1 aliphatic heterocycles. The Kier molecular flexibility index (Phi) is 11.1. The maximum atomic E-state index is 13.0. The summed E-state index contributed by atoms with van der Waals surface area (Å²) in [7, 11) is 0. The molecule has 0 bridgehead atoms. The maximum absolute atomic E-state index is 13.0. The topological polar surface area (TPSA) is 70.7 Å². The molecule has 6 heteroatoms. The summed E-state index contributed by atoms with van der Waals surface area (Å²) < 4.78 is 5.90.